The molecule has 4 rings (SSSR count). The number of pyridine rings is 1. The van der Waals surface area contributed by atoms with Crippen molar-refractivity contribution in [1.29, 1.82) is 0 Å². The Morgan fingerprint density at radius 2 is 1.94 bits per heavy atom. The van der Waals surface area contributed by atoms with Crippen molar-refractivity contribution >= 4 is 22.8 Å². The van der Waals surface area contributed by atoms with Gasteiger partial charge in [0.2, 0.25) is 5.91 Å². The summed E-state index contributed by atoms with van der Waals surface area (Å²) in [7, 11) is 0. The average Bonchev–Trinajstić information content (AvgIpc) is 2.98. The molecule has 1 aliphatic heterocycles. The van der Waals surface area contributed by atoms with Gasteiger partial charge in [0, 0.05) is 48.7 Å². The first kappa shape index (κ1) is 21.0. The summed E-state index contributed by atoms with van der Waals surface area (Å²) in [5, 5.41) is 3.64. The molecule has 2 amide bonds. The van der Waals surface area contributed by atoms with Gasteiger partial charge in [-0.15, -0.1) is 0 Å². The normalized spacial score (nSPS) is 15.1. The van der Waals surface area contributed by atoms with E-state index in [9.17, 15) is 14.0 Å². The molecule has 3 heterocycles. The second kappa shape index (κ2) is 7.80. The molecule has 0 bridgehead atoms. The van der Waals surface area contributed by atoms with Crippen molar-refractivity contribution in [2.45, 2.75) is 39.7 Å². The van der Waals surface area contributed by atoms with Crippen LogP contribution in [0.15, 0.2) is 36.5 Å². The number of halogens is 1. The molecule has 1 N–H and O–H groups in total. The Morgan fingerprint density at radius 1 is 1.16 bits per heavy atom. The fourth-order valence-corrected chi connectivity index (χ4v) is 3.85. The molecule has 7 heteroatoms. The van der Waals surface area contributed by atoms with Gasteiger partial charge in [-0.05, 0) is 57.0 Å². The van der Waals surface area contributed by atoms with Gasteiger partial charge in [-0.3, -0.25) is 9.59 Å². The van der Waals surface area contributed by atoms with Gasteiger partial charge < -0.3 is 14.8 Å². The summed E-state index contributed by atoms with van der Waals surface area (Å²) in [6, 6.07) is 8.81. The van der Waals surface area contributed by atoms with Crippen molar-refractivity contribution in [3.05, 3.63) is 53.6 Å². The molecule has 0 radical (unpaired) electrons. The van der Waals surface area contributed by atoms with E-state index in [0.29, 0.717) is 36.5 Å². The zero-order chi connectivity index (χ0) is 22.3. The third-order valence-electron chi connectivity index (χ3n) is 5.68. The molecule has 1 aliphatic rings. The van der Waals surface area contributed by atoms with E-state index < -0.39 is 0 Å². The lowest BCUT2D eigenvalue weighted by Gasteiger charge is -2.23. The SMILES string of the molecule is Cc1ccc(-c2cn(C(C)(C)C)c3nc(C(=O)N4CCNC(=O)CC4)ccc23)cc1F. The lowest BCUT2D eigenvalue weighted by atomic mass is 10.0. The molecule has 1 aromatic carbocycles. The third kappa shape index (κ3) is 4.04. The summed E-state index contributed by atoms with van der Waals surface area (Å²) in [6.07, 6.45) is 2.26. The Labute approximate surface area is 181 Å². The fourth-order valence-electron chi connectivity index (χ4n) is 3.85. The Balaban J connectivity index is 1.80. The number of hydrogen-bond donors (Lipinski definition) is 1. The monoisotopic (exact) mass is 422 g/mol. The van der Waals surface area contributed by atoms with Crippen LogP contribution in [0.5, 0.6) is 0 Å². The van der Waals surface area contributed by atoms with Crippen LogP contribution in [0.25, 0.3) is 22.2 Å². The zero-order valence-corrected chi connectivity index (χ0v) is 18.3. The van der Waals surface area contributed by atoms with Gasteiger partial charge in [0.15, 0.2) is 0 Å². The minimum atomic E-state index is -0.284. The number of fused-ring (bicyclic) bond motifs is 1. The minimum Gasteiger partial charge on any atom is -0.354 e. The van der Waals surface area contributed by atoms with Crippen LogP contribution in [0.4, 0.5) is 4.39 Å². The molecule has 0 spiro atoms. The summed E-state index contributed by atoms with van der Waals surface area (Å²) < 4.78 is 16.3. The fraction of sp³-hybridized carbons (Fsp3) is 0.375. The Morgan fingerprint density at radius 3 is 2.65 bits per heavy atom. The maximum atomic E-state index is 14.2. The highest BCUT2D eigenvalue weighted by molar-refractivity contribution is 5.99. The Hall–Kier alpha value is -3.22. The van der Waals surface area contributed by atoms with Crippen molar-refractivity contribution in [3.8, 4) is 11.1 Å². The van der Waals surface area contributed by atoms with Gasteiger partial charge in [0.1, 0.15) is 17.2 Å². The molecule has 162 valence electrons. The summed E-state index contributed by atoms with van der Waals surface area (Å²) in [5.74, 6) is -0.489. The molecule has 0 aliphatic carbocycles. The van der Waals surface area contributed by atoms with E-state index in [-0.39, 0.29) is 29.6 Å². The molecule has 2 aromatic heterocycles. The first-order valence-corrected chi connectivity index (χ1v) is 10.5. The van der Waals surface area contributed by atoms with Crippen LogP contribution in [0, 0.1) is 12.7 Å². The van der Waals surface area contributed by atoms with Crippen LogP contribution in [0.3, 0.4) is 0 Å². The number of aromatic nitrogens is 2. The number of nitrogens with one attached hydrogen (secondary N) is 1. The summed E-state index contributed by atoms with van der Waals surface area (Å²) in [6.45, 7) is 9.20. The highest BCUT2D eigenvalue weighted by Crippen LogP contribution is 2.34. The molecule has 31 heavy (non-hydrogen) atoms. The van der Waals surface area contributed by atoms with Gasteiger partial charge in [-0.1, -0.05) is 12.1 Å². The number of carbonyl (C=O) groups excluding carboxylic acids is 2. The van der Waals surface area contributed by atoms with Crippen molar-refractivity contribution in [2.75, 3.05) is 19.6 Å². The number of amides is 2. The quantitative estimate of drug-likeness (QED) is 0.682. The first-order valence-electron chi connectivity index (χ1n) is 10.5. The topological polar surface area (TPSA) is 67.2 Å². The lowest BCUT2D eigenvalue weighted by Crippen LogP contribution is -2.34. The minimum absolute atomic E-state index is 0.0460. The highest BCUT2D eigenvalue weighted by atomic mass is 19.1. The van der Waals surface area contributed by atoms with Crippen LogP contribution >= 0.6 is 0 Å². The smallest absolute Gasteiger partial charge is 0.272 e. The van der Waals surface area contributed by atoms with E-state index in [0.717, 1.165) is 16.5 Å². The van der Waals surface area contributed by atoms with Crippen LogP contribution in [-0.4, -0.2) is 45.9 Å². The van der Waals surface area contributed by atoms with Crippen molar-refractivity contribution in [1.82, 2.24) is 19.8 Å². The maximum absolute atomic E-state index is 14.2. The zero-order valence-electron chi connectivity index (χ0n) is 18.3. The number of carbonyl (C=O) groups is 2. The number of nitrogens with zero attached hydrogens (tertiary/aromatic N) is 3. The first-order chi connectivity index (χ1) is 14.6. The van der Waals surface area contributed by atoms with Crippen LogP contribution in [-0.2, 0) is 10.3 Å². The molecule has 3 aromatic rings. The van der Waals surface area contributed by atoms with Crippen molar-refractivity contribution in [2.24, 2.45) is 0 Å². The Kier molecular flexibility index (Phi) is 5.29. The van der Waals surface area contributed by atoms with E-state index >= 15 is 0 Å². The van der Waals surface area contributed by atoms with Gasteiger partial charge >= 0.3 is 0 Å². The van der Waals surface area contributed by atoms with Crippen LogP contribution in [0.1, 0.15) is 43.2 Å². The summed E-state index contributed by atoms with van der Waals surface area (Å²) in [4.78, 5) is 31.1. The van der Waals surface area contributed by atoms with Crippen molar-refractivity contribution < 1.29 is 14.0 Å². The average molecular weight is 423 g/mol. The molecule has 1 saturated heterocycles. The largest absolute Gasteiger partial charge is 0.354 e. The predicted octanol–water partition coefficient (Wildman–Crippen LogP) is 3.87. The maximum Gasteiger partial charge on any atom is 0.272 e. The molecule has 6 nitrogen and oxygen atoms in total. The number of aryl methyl sites for hydroxylation is 1. The Bertz CT molecular complexity index is 1180. The second-order valence-electron chi connectivity index (χ2n) is 9.01. The summed E-state index contributed by atoms with van der Waals surface area (Å²) >= 11 is 0. The van der Waals surface area contributed by atoms with Gasteiger partial charge in [0.05, 0.1) is 0 Å². The van der Waals surface area contributed by atoms with Gasteiger partial charge in [-0.2, -0.15) is 0 Å². The number of hydrogen-bond acceptors (Lipinski definition) is 3. The molecular formula is C24H27FN4O2. The van der Waals surface area contributed by atoms with E-state index in [1.54, 1.807) is 24.0 Å². The van der Waals surface area contributed by atoms with Gasteiger partial charge in [-0.25, -0.2) is 9.37 Å². The lowest BCUT2D eigenvalue weighted by molar-refractivity contribution is -0.120. The summed E-state index contributed by atoms with van der Waals surface area (Å²) in [5.41, 5.74) is 2.98. The molecule has 0 unspecified atom stereocenters. The predicted molar refractivity (Wildman–Crippen MR) is 118 cm³/mol. The second-order valence-corrected chi connectivity index (χ2v) is 9.01. The molecule has 1 fully saturated rings. The molecular weight excluding hydrogens is 395 g/mol. The van der Waals surface area contributed by atoms with E-state index in [1.807, 2.05) is 22.9 Å². The molecule has 0 saturated carbocycles. The van der Waals surface area contributed by atoms with E-state index in [2.05, 4.69) is 26.1 Å². The third-order valence-corrected chi connectivity index (χ3v) is 5.68. The number of rotatable bonds is 2. The van der Waals surface area contributed by atoms with Crippen molar-refractivity contribution in [3.63, 3.8) is 0 Å². The standard InChI is InChI=1S/C24H27FN4O2/c1-15-5-6-16(13-19(15)25)18-14-29(24(2,3)4)22-17(18)7-8-20(27-22)23(31)28-11-9-21(30)26-10-12-28/h5-8,13-14H,9-12H2,1-4H3,(H,26,30). The van der Waals surface area contributed by atoms with E-state index in [4.69, 9.17) is 4.98 Å². The van der Waals surface area contributed by atoms with E-state index in [1.165, 1.54) is 6.07 Å². The van der Waals surface area contributed by atoms with Crippen LogP contribution in [0.2, 0.25) is 0 Å². The van der Waals surface area contributed by atoms with Gasteiger partial charge in [0.25, 0.3) is 5.91 Å². The molecule has 0 atom stereocenters. The highest BCUT2D eigenvalue weighted by Gasteiger charge is 2.24. The number of benzene rings is 1. The van der Waals surface area contributed by atoms with Crippen LogP contribution < -0.4 is 5.32 Å².